The molecule has 0 unspecified atom stereocenters. The van der Waals surface area contributed by atoms with Crippen LogP contribution in [0.3, 0.4) is 0 Å². The minimum Gasteiger partial charge on any atom is -0.462 e. The number of rotatable bonds is 6. The van der Waals surface area contributed by atoms with E-state index in [2.05, 4.69) is 0 Å². The zero-order chi connectivity index (χ0) is 27.5. The fourth-order valence-corrected chi connectivity index (χ4v) is 5.07. The van der Waals surface area contributed by atoms with E-state index in [4.69, 9.17) is 16.3 Å². The Morgan fingerprint density at radius 1 is 0.923 bits per heavy atom. The van der Waals surface area contributed by atoms with Crippen molar-refractivity contribution in [1.82, 2.24) is 9.47 Å². The summed E-state index contributed by atoms with van der Waals surface area (Å²) in [5, 5.41) is 1.28. The maximum atomic E-state index is 13.9. The molecule has 0 aliphatic carbocycles. The Kier molecular flexibility index (Phi) is 7.65. The van der Waals surface area contributed by atoms with Gasteiger partial charge in [-0.3, -0.25) is 9.59 Å². The highest BCUT2D eigenvalue weighted by atomic mass is 35.5. The van der Waals surface area contributed by atoms with Crippen LogP contribution in [-0.4, -0.2) is 54.1 Å². The lowest BCUT2D eigenvalue weighted by Crippen LogP contribution is -2.49. The molecule has 0 radical (unpaired) electrons. The highest BCUT2D eigenvalue weighted by Crippen LogP contribution is 2.31. The van der Waals surface area contributed by atoms with Gasteiger partial charge in [0.2, 0.25) is 0 Å². The Morgan fingerprint density at radius 2 is 1.59 bits per heavy atom. The van der Waals surface area contributed by atoms with Crippen LogP contribution in [0.15, 0.2) is 77.6 Å². The van der Waals surface area contributed by atoms with Crippen LogP contribution in [-0.2, 0) is 11.3 Å². The Balaban J connectivity index is 1.53. The van der Waals surface area contributed by atoms with Crippen LogP contribution >= 0.6 is 11.6 Å². The summed E-state index contributed by atoms with van der Waals surface area (Å²) in [6.07, 6.45) is 0. The lowest BCUT2D eigenvalue weighted by molar-refractivity contribution is 0.0523. The number of halogens is 2. The van der Waals surface area contributed by atoms with Crippen molar-refractivity contribution in [3.63, 3.8) is 0 Å². The molecule has 200 valence electrons. The largest absolute Gasteiger partial charge is 0.462 e. The van der Waals surface area contributed by atoms with Gasteiger partial charge in [0.15, 0.2) is 0 Å². The third-order valence-electron chi connectivity index (χ3n) is 6.85. The molecule has 7 nitrogen and oxygen atoms in total. The van der Waals surface area contributed by atoms with Crippen LogP contribution < -0.4 is 10.5 Å². The number of hydrogen-bond acceptors (Lipinski definition) is 5. The third-order valence-corrected chi connectivity index (χ3v) is 7.11. The lowest BCUT2D eigenvalue weighted by Gasteiger charge is -2.37. The SMILES string of the molecule is CCOC(=O)c1c(N2CCN(C(=O)c3ccc(Cl)cc3)CC2)c2ccccc2n(Cc2ccc(F)cc2)c1=O. The second-order valence-electron chi connectivity index (χ2n) is 9.27. The van der Waals surface area contributed by atoms with Crippen LogP contribution in [0.25, 0.3) is 10.9 Å². The molecule has 1 aliphatic rings. The third kappa shape index (κ3) is 5.38. The smallest absolute Gasteiger partial charge is 0.345 e. The van der Waals surface area contributed by atoms with Gasteiger partial charge in [0.05, 0.1) is 24.4 Å². The van der Waals surface area contributed by atoms with Crippen molar-refractivity contribution in [2.75, 3.05) is 37.7 Å². The van der Waals surface area contributed by atoms with Crippen molar-refractivity contribution in [2.24, 2.45) is 0 Å². The first-order valence-electron chi connectivity index (χ1n) is 12.7. The quantitative estimate of drug-likeness (QED) is 0.318. The first kappa shape index (κ1) is 26.4. The molecule has 5 rings (SSSR count). The van der Waals surface area contributed by atoms with Gasteiger partial charge in [-0.15, -0.1) is 0 Å². The van der Waals surface area contributed by atoms with Gasteiger partial charge in [0.1, 0.15) is 11.4 Å². The molecule has 0 N–H and O–H groups in total. The number of aromatic nitrogens is 1. The van der Waals surface area contributed by atoms with Crippen molar-refractivity contribution in [3.05, 3.63) is 111 Å². The fourth-order valence-electron chi connectivity index (χ4n) is 4.94. The average molecular weight is 548 g/mol. The first-order chi connectivity index (χ1) is 18.9. The Bertz CT molecular complexity index is 1580. The number of pyridine rings is 1. The van der Waals surface area contributed by atoms with Crippen molar-refractivity contribution >= 4 is 40.1 Å². The summed E-state index contributed by atoms with van der Waals surface area (Å²) < 4.78 is 20.4. The summed E-state index contributed by atoms with van der Waals surface area (Å²) in [5.41, 5.74) is 1.90. The van der Waals surface area contributed by atoms with Gasteiger partial charge in [-0.1, -0.05) is 41.9 Å². The van der Waals surface area contributed by atoms with Crippen LogP contribution in [0.2, 0.25) is 5.02 Å². The number of nitrogens with zero attached hydrogens (tertiary/aromatic N) is 3. The topological polar surface area (TPSA) is 71.8 Å². The summed E-state index contributed by atoms with van der Waals surface area (Å²) in [6, 6.07) is 20.1. The van der Waals surface area contributed by atoms with E-state index in [1.807, 2.05) is 29.2 Å². The number of para-hydroxylation sites is 1. The van der Waals surface area contributed by atoms with Gasteiger partial charge in [-0.2, -0.15) is 0 Å². The zero-order valence-electron chi connectivity index (χ0n) is 21.4. The van der Waals surface area contributed by atoms with E-state index >= 15 is 0 Å². The summed E-state index contributed by atoms with van der Waals surface area (Å²) in [4.78, 5) is 43.9. The Labute approximate surface area is 230 Å². The number of carbonyl (C=O) groups is 2. The number of anilines is 1. The number of hydrogen-bond donors (Lipinski definition) is 0. The van der Waals surface area contributed by atoms with Crippen molar-refractivity contribution in [2.45, 2.75) is 13.5 Å². The normalized spacial score (nSPS) is 13.5. The standard InChI is InChI=1S/C30H27ClFN3O4/c1-2-39-30(38)26-27(33-15-17-34(18-16-33)28(36)21-9-11-22(31)12-10-21)24-5-3-4-6-25(24)35(29(26)37)19-20-7-13-23(32)14-8-20/h3-14H,2,15-19H2,1H3. The molecular weight excluding hydrogens is 521 g/mol. The predicted octanol–water partition coefficient (Wildman–Crippen LogP) is 4.98. The Morgan fingerprint density at radius 3 is 2.26 bits per heavy atom. The number of fused-ring (bicyclic) bond motifs is 1. The predicted molar refractivity (Wildman–Crippen MR) is 149 cm³/mol. The molecule has 0 bridgehead atoms. The lowest BCUT2D eigenvalue weighted by atomic mass is 10.0. The number of ether oxygens (including phenoxy) is 1. The minimum atomic E-state index is -0.698. The summed E-state index contributed by atoms with van der Waals surface area (Å²) >= 11 is 5.96. The van der Waals surface area contributed by atoms with Crippen LogP contribution in [0, 0.1) is 5.82 Å². The van der Waals surface area contributed by atoms with E-state index in [1.54, 1.807) is 48.2 Å². The molecule has 1 amide bonds. The van der Waals surface area contributed by atoms with E-state index in [1.165, 1.54) is 16.7 Å². The Hall–Kier alpha value is -4.17. The monoisotopic (exact) mass is 547 g/mol. The molecular formula is C30H27ClFN3O4. The second-order valence-corrected chi connectivity index (χ2v) is 9.70. The van der Waals surface area contributed by atoms with Crippen molar-refractivity contribution in [3.8, 4) is 0 Å². The molecule has 3 aromatic carbocycles. The molecule has 0 saturated carbocycles. The van der Waals surface area contributed by atoms with E-state index < -0.39 is 11.5 Å². The number of amides is 1. The van der Waals surface area contributed by atoms with Crippen molar-refractivity contribution in [1.29, 1.82) is 0 Å². The van der Waals surface area contributed by atoms with Crippen LogP contribution in [0.1, 0.15) is 33.2 Å². The zero-order valence-corrected chi connectivity index (χ0v) is 22.2. The summed E-state index contributed by atoms with van der Waals surface area (Å²) in [5.74, 6) is -1.17. The molecule has 9 heteroatoms. The van der Waals surface area contributed by atoms with Gasteiger partial charge in [-0.05, 0) is 55.0 Å². The average Bonchev–Trinajstić information content (AvgIpc) is 2.95. The number of benzene rings is 3. The summed E-state index contributed by atoms with van der Waals surface area (Å²) in [6.45, 7) is 3.65. The second kappa shape index (κ2) is 11.3. The highest BCUT2D eigenvalue weighted by Gasteiger charge is 2.30. The van der Waals surface area contributed by atoms with Gasteiger partial charge in [0, 0.05) is 42.2 Å². The fraction of sp³-hybridized carbons (Fsp3) is 0.233. The van der Waals surface area contributed by atoms with Gasteiger partial charge >= 0.3 is 5.97 Å². The molecule has 4 aromatic rings. The molecule has 0 atom stereocenters. The molecule has 1 aliphatic heterocycles. The van der Waals surface area contributed by atoms with E-state index in [-0.39, 0.29) is 30.4 Å². The molecule has 2 heterocycles. The van der Waals surface area contributed by atoms with Gasteiger partial charge < -0.3 is 19.1 Å². The minimum absolute atomic E-state index is 0.0462. The first-order valence-corrected chi connectivity index (χ1v) is 13.1. The van der Waals surface area contributed by atoms with Crippen LogP contribution in [0.4, 0.5) is 10.1 Å². The number of piperazine rings is 1. The number of carbonyl (C=O) groups excluding carboxylic acids is 2. The van der Waals surface area contributed by atoms with E-state index in [0.29, 0.717) is 48.0 Å². The highest BCUT2D eigenvalue weighted by molar-refractivity contribution is 6.30. The molecule has 1 saturated heterocycles. The molecule has 1 aromatic heterocycles. The van der Waals surface area contributed by atoms with E-state index in [9.17, 15) is 18.8 Å². The molecule has 0 spiro atoms. The van der Waals surface area contributed by atoms with Gasteiger partial charge in [0.25, 0.3) is 11.5 Å². The van der Waals surface area contributed by atoms with Crippen molar-refractivity contribution < 1.29 is 18.7 Å². The van der Waals surface area contributed by atoms with Crippen LogP contribution in [0.5, 0.6) is 0 Å². The summed E-state index contributed by atoms with van der Waals surface area (Å²) in [7, 11) is 0. The maximum Gasteiger partial charge on any atom is 0.345 e. The van der Waals surface area contributed by atoms with E-state index in [0.717, 1.165) is 10.9 Å². The number of esters is 1. The molecule has 39 heavy (non-hydrogen) atoms. The van der Waals surface area contributed by atoms with Gasteiger partial charge in [-0.25, -0.2) is 9.18 Å². The molecule has 1 fully saturated rings. The maximum absolute atomic E-state index is 13.9.